The van der Waals surface area contributed by atoms with Crippen LogP contribution in [-0.2, 0) is 4.74 Å². The largest absolute Gasteiger partial charge is 0.490 e. The number of halogens is 2. The van der Waals surface area contributed by atoms with Gasteiger partial charge in [0.25, 0.3) is 11.6 Å². The number of nitro benzene ring substituents is 1. The van der Waals surface area contributed by atoms with Gasteiger partial charge >= 0.3 is 0 Å². The molecule has 1 N–H and O–H groups in total. The van der Waals surface area contributed by atoms with Gasteiger partial charge in [0.1, 0.15) is 18.2 Å². The molecule has 25 heavy (non-hydrogen) atoms. The Labute approximate surface area is 151 Å². The van der Waals surface area contributed by atoms with E-state index in [2.05, 4.69) is 21.2 Å². The molecule has 0 saturated heterocycles. The molecule has 9 heteroatoms. The number of non-ortho nitro benzene ring substituents is 1. The van der Waals surface area contributed by atoms with E-state index >= 15 is 0 Å². The lowest BCUT2D eigenvalue weighted by Crippen LogP contribution is -2.16. The third kappa shape index (κ3) is 4.97. The summed E-state index contributed by atoms with van der Waals surface area (Å²) >= 11 is 3.25. The van der Waals surface area contributed by atoms with Crippen molar-refractivity contribution in [3.05, 3.63) is 62.4 Å². The van der Waals surface area contributed by atoms with Gasteiger partial charge in [-0.05, 0) is 24.3 Å². The summed E-state index contributed by atoms with van der Waals surface area (Å²) < 4.78 is 24.8. The van der Waals surface area contributed by atoms with Crippen molar-refractivity contribution in [2.45, 2.75) is 0 Å². The highest BCUT2D eigenvalue weighted by Gasteiger charge is 2.17. The second-order valence-corrected chi connectivity index (χ2v) is 5.77. The summed E-state index contributed by atoms with van der Waals surface area (Å²) in [5.41, 5.74) is -0.471. The Balaban J connectivity index is 2.27. The van der Waals surface area contributed by atoms with Crippen molar-refractivity contribution >= 4 is 33.2 Å². The molecule has 0 radical (unpaired) electrons. The SMILES string of the molecule is COCCOc1ccc(Br)cc1C(=O)Nc1cc([N+](=O)[O-])ccc1F. The molecule has 0 unspecified atom stereocenters. The lowest BCUT2D eigenvalue weighted by atomic mass is 10.1. The lowest BCUT2D eigenvalue weighted by Gasteiger charge is -2.12. The topological polar surface area (TPSA) is 90.7 Å². The van der Waals surface area contributed by atoms with Crippen molar-refractivity contribution in [3.8, 4) is 5.75 Å². The van der Waals surface area contributed by atoms with E-state index in [1.165, 1.54) is 13.2 Å². The summed E-state index contributed by atoms with van der Waals surface area (Å²) in [6, 6.07) is 7.67. The summed E-state index contributed by atoms with van der Waals surface area (Å²) in [6.07, 6.45) is 0. The number of rotatable bonds is 7. The predicted molar refractivity (Wildman–Crippen MR) is 92.5 cm³/mol. The van der Waals surface area contributed by atoms with Crippen molar-refractivity contribution in [2.24, 2.45) is 0 Å². The summed E-state index contributed by atoms with van der Waals surface area (Å²) in [4.78, 5) is 22.6. The van der Waals surface area contributed by atoms with Crippen LogP contribution in [0.25, 0.3) is 0 Å². The number of hydrogen-bond donors (Lipinski definition) is 1. The summed E-state index contributed by atoms with van der Waals surface area (Å²) in [7, 11) is 1.52. The number of nitrogens with one attached hydrogen (secondary N) is 1. The van der Waals surface area contributed by atoms with Crippen LogP contribution < -0.4 is 10.1 Å². The van der Waals surface area contributed by atoms with Gasteiger partial charge in [-0.25, -0.2) is 4.39 Å². The third-order valence-corrected chi connectivity index (χ3v) is 3.63. The van der Waals surface area contributed by atoms with E-state index in [1.807, 2.05) is 0 Å². The molecule has 0 aliphatic carbocycles. The van der Waals surface area contributed by atoms with Crippen LogP contribution in [-0.4, -0.2) is 31.2 Å². The zero-order chi connectivity index (χ0) is 18.4. The molecule has 0 aliphatic rings. The van der Waals surface area contributed by atoms with Crippen LogP contribution in [0.5, 0.6) is 5.75 Å². The van der Waals surface area contributed by atoms with Gasteiger partial charge in [-0.1, -0.05) is 15.9 Å². The number of ether oxygens (including phenoxy) is 2. The van der Waals surface area contributed by atoms with Crippen LogP contribution in [0.3, 0.4) is 0 Å². The standard InChI is InChI=1S/C16H14BrFN2O5/c1-24-6-7-25-15-5-2-10(17)8-12(15)16(21)19-14-9-11(20(22)23)3-4-13(14)18/h2-5,8-9H,6-7H2,1H3,(H,19,21). The first-order chi connectivity index (χ1) is 11.9. The fourth-order valence-electron chi connectivity index (χ4n) is 1.95. The minimum Gasteiger partial charge on any atom is -0.490 e. The molecule has 0 spiro atoms. The van der Waals surface area contributed by atoms with Crippen molar-refractivity contribution in [3.63, 3.8) is 0 Å². The van der Waals surface area contributed by atoms with Crippen molar-refractivity contribution in [2.75, 3.05) is 25.6 Å². The highest BCUT2D eigenvalue weighted by atomic mass is 79.9. The van der Waals surface area contributed by atoms with Gasteiger partial charge in [0.2, 0.25) is 0 Å². The molecule has 2 aromatic carbocycles. The van der Waals surface area contributed by atoms with E-state index in [9.17, 15) is 19.3 Å². The second-order valence-electron chi connectivity index (χ2n) is 4.86. The van der Waals surface area contributed by atoms with Gasteiger partial charge < -0.3 is 14.8 Å². The number of amides is 1. The Morgan fingerprint density at radius 1 is 1.28 bits per heavy atom. The Hall–Kier alpha value is -2.52. The maximum absolute atomic E-state index is 13.8. The number of hydrogen-bond acceptors (Lipinski definition) is 5. The maximum atomic E-state index is 13.8. The molecule has 0 aromatic heterocycles. The number of carbonyl (C=O) groups excluding carboxylic acids is 1. The Bertz CT molecular complexity index is 800. The second kappa shape index (κ2) is 8.54. The first-order valence-corrected chi connectivity index (χ1v) is 7.88. The van der Waals surface area contributed by atoms with E-state index in [0.717, 1.165) is 18.2 Å². The van der Waals surface area contributed by atoms with Crippen LogP contribution in [0, 0.1) is 15.9 Å². The highest BCUT2D eigenvalue weighted by molar-refractivity contribution is 9.10. The van der Waals surface area contributed by atoms with Gasteiger partial charge in [0.05, 0.1) is 22.8 Å². The van der Waals surface area contributed by atoms with Gasteiger partial charge in [-0.3, -0.25) is 14.9 Å². The molecule has 2 aromatic rings. The number of nitrogens with zero attached hydrogens (tertiary/aromatic N) is 1. The molecule has 0 aliphatic heterocycles. The average Bonchev–Trinajstić information content (AvgIpc) is 2.58. The normalized spacial score (nSPS) is 10.4. The highest BCUT2D eigenvalue weighted by Crippen LogP contribution is 2.26. The summed E-state index contributed by atoms with van der Waals surface area (Å²) in [6.45, 7) is 0.556. The molecule has 0 heterocycles. The van der Waals surface area contributed by atoms with Crippen LogP contribution >= 0.6 is 15.9 Å². The van der Waals surface area contributed by atoms with Gasteiger partial charge in [-0.15, -0.1) is 0 Å². The average molecular weight is 413 g/mol. The quantitative estimate of drug-likeness (QED) is 0.424. The predicted octanol–water partition coefficient (Wildman–Crippen LogP) is 3.77. The Morgan fingerprint density at radius 3 is 2.72 bits per heavy atom. The fourth-order valence-corrected chi connectivity index (χ4v) is 2.31. The minimum atomic E-state index is -0.782. The van der Waals surface area contributed by atoms with Gasteiger partial charge in [0, 0.05) is 23.7 Å². The molecule has 0 atom stereocenters. The molecule has 7 nitrogen and oxygen atoms in total. The summed E-state index contributed by atoms with van der Waals surface area (Å²) in [5.74, 6) is -1.16. The molecule has 0 bridgehead atoms. The van der Waals surface area contributed by atoms with E-state index in [4.69, 9.17) is 9.47 Å². The number of nitro groups is 1. The van der Waals surface area contributed by atoms with Crippen molar-refractivity contribution in [1.29, 1.82) is 0 Å². The number of carbonyl (C=O) groups is 1. The number of benzene rings is 2. The van der Waals surface area contributed by atoms with Crippen LogP contribution in [0.4, 0.5) is 15.8 Å². The minimum absolute atomic E-state index is 0.149. The van der Waals surface area contributed by atoms with Crippen molar-refractivity contribution < 1.29 is 23.6 Å². The Morgan fingerprint density at radius 2 is 2.04 bits per heavy atom. The van der Waals surface area contributed by atoms with E-state index in [0.29, 0.717) is 11.1 Å². The maximum Gasteiger partial charge on any atom is 0.271 e. The fraction of sp³-hybridized carbons (Fsp3) is 0.188. The number of methoxy groups -OCH3 is 1. The first kappa shape index (κ1) is 18.8. The van der Waals surface area contributed by atoms with E-state index in [-0.39, 0.29) is 29.3 Å². The monoisotopic (exact) mass is 412 g/mol. The molecular weight excluding hydrogens is 399 g/mol. The van der Waals surface area contributed by atoms with Crippen LogP contribution in [0.15, 0.2) is 40.9 Å². The van der Waals surface area contributed by atoms with Crippen LogP contribution in [0.1, 0.15) is 10.4 Å². The van der Waals surface area contributed by atoms with Crippen LogP contribution in [0.2, 0.25) is 0 Å². The summed E-state index contributed by atoms with van der Waals surface area (Å²) in [5, 5.41) is 13.1. The van der Waals surface area contributed by atoms with E-state index in [1.54, 1.807) is 12.1 Å². The molecule has 2 rings (SSSR count). The molecule has 0 saturated carbocycles. The lowest BCUT2D eigenvalue weighted by molar-refractivity contribution is -0.384. The van der Waals surface area contributed by atoms with Gasteiger partial charge in [0.15, 0.2) is 0 Å². The van der Waals surface area contributed by atoms with E-state index < -0.39 is 16.6 Å². The first-order valence-electron chi connectivity index (χ1n) is 7.09. The van der Waals surface area contributed by atoms with Crippen molar-refractivity contribution in [1.82, 2.24) is 0 Å². The third-order valence-electron chi connectivity index (χ3n) is 3.14. The van der Waals surface area contributed by atoms with Gasteiger partial charge in [-0.2, -0.15) is 0 Å². The smallest absolute Gasteiger partial charge is 0.271 e. The number of anilines is 1. The molecule has 1 amide bonds. The Kier molecular flexibility index (Phi) is 6.43. The zero-order valence-corrected chi connectivity index (χ0v) is 14.7. The molecular formula is C16H14BrFN2O5. The zero-order valence-electron chi connectivity index (χ0n) is 13.1. The molecule has 0 fully saturated rings. The molecule has 132 valence electrons.